The maximum Gasteiger partial charge on any atom is 0.238 e. The molecule has 1 unspecified atom stereocenters. The summed E-state index contributed by atoms with van der Waals surface area (Å²) in [5, 5.41) is 8.68. The van der Waals surface area contributed by atoms with Gasteiger partial charge in [-0.2, -0.15) is 0 Å². The zero-order valence-electron chi connectivity index (χ0n) is 15.5. The molecule has 1 aromatic carbocycles. The smallest absolute Gasteiger partial charge is 0.238 e. The van der Waals surface area contributed by atoms with Crippen LogP contribution in [-0.2, 0) is 9.59 Å². The maximum absolute atomic E-state index is 12.1. The third-order valence-electron chi connectivity index (χ3n) is 3.85. The zero-order chi connectivity index (χ0) is 19.9. The number of hydrogen-bond donors (Lipinski definition) is 2. The number of carbonyl (C=O) groups excluding carboxylic acids is 2. The van der Waals surface area contributed by atoms with Crippen LogP contribution in [0.1, 0.15) is 12.7 Å². The molecule has 0 saturated heterocycles. The highest BCUT2D eigenvalue weighted by atomic mass is 32.2. The van der Waals surface area contributed by atoms with Crippen molar-refractivity contribution >= 4 is 35.2 Å². The van der Waals surface area contributed by atoms with Gasteiger partial charge in [0.25, 0.3) is 0 Å². The van der Waals surface area contributed by atoms with Crippen LogP contribution in [0.3, 0.4) is 0 Å². The van der Waals surface area contributed by atoms with Crippen LogP contribution in [0.15, 0.2) is 59.3 Å². The van der Waals surface area contributed by atoms with Gasteiger partial charge in [-0.15, -0.1) is 11.8 Å². The summed E-state index contributed by atoms with van der Waals surface area (Å²) >= 11 is 1.23. The Kier molecular flexibility index (Phi) is 6.44. The largest absolute Gasteiger partial charge is 0.360 e. The molecule has 2 aromatic heterocycles. The van der Waals surface area contributed by atoms with Crippen LogP contribution in [0.5, 0.6) is 0 Å². The Hall–Kier alpha value is -3.13. The maximum atomic E-state index is 12.1. The van der Waals surface area contributed by atoms with Gasteiger partial charge in [-0.3, -0.25) is 9.59 Å². The van der Waals surface area contributed by atoms with Gasteiger partial charge in [0.2, 0.25) is 11.8 Å². The number of aromatic nitrogens is 2. The summed E-state index contributed by atoms with van der Waals surface area (Å²) in [6.07, 6.45) is 1.72. The normalized spacial score (nSPS) is 11.6. The van der Waals surface area contributed by atoms with Crippen LogP contribution < -0.4 is 10.6 Å². The molecular weight excluding hydrogens is 376 g/mol. The summed E-state index contributed by atoms with van der Waals surface area (Å²) in [5.41, 5.74) is 2.03. The molecule has 0 bridgehead atoms. The van der Waals surface area contributed by atoms with Crippen LogP contribution in [0.4, 0.5) is 11.6 Å². The Morgan fingerprint density at radius 3 is 2.50 bits per heavy atom. The molecule has 2 amide bonds. The minimum Gasteiger partial charge on any atom is -0.360 e. The molecule has 2 N–H and O–H groups in total. The molecule has 28 heavy (non-hydrogen) atoms. The van der Waals surface area contributed by atoms with Gasteiger partial charge >= 0.3 is 0 Å². The van der Waals surface area contributed by atoms with Crippen molar-refractivity contribution in [1.29, 1.82) is 0 Å². The highest BCUT2D eigenvalue weighted by molar-refractivity contribution is 8.01. The average molecular weight is 396 g/mol. The van der Waals surface area contributed by atoms with Gasteiger partial charge in [-0.05, 0) is 31.5 Å². The predicted molar refractivity (Wildman–Crippen MR) is 110 cm³/mol. The van der Waals surface area contributed by atoms with Crippen LogP contribution in [0, 0.1) is 6.92 Å². The first-order chi connectivity index (χ1) is 13.5. The lowest BCUT2D eigenvalue weighted by Crippen LogP contribution is -2.25. The van der Waals surface area contributed by atoms with E-state index in [1.165, 1.54) is 11.8 Å². The molecule has 1 atom stereocenters. The van der Waals surface area contributed by atoms with E-state index in [2.05, 4.69) is 20.8 Å². The molecule has 0 fully saturated rings. The van der Waals surface area contributed by atoms with E-state index >= 15 is 0 Å². The molecule has 0 aliphatic heterocycles. The topological polar surface area (TPSA) is 97.1 Å². The molecule has 3 rings (SSSR count). The van der Waals surface area contributed by atoms with Crippen molar-refractivity contribution in [2.75, 3.05) is 16.4 Å². The number of anilines is 2. The molecule has 144 valence electrons. The number of amides is 2. The van der Waals surface area contributed by atoms with E-state index in [9.17, 15) is 9.59 Å². The van der Waals surface area contributed by atoms with E-state index in [4.69, 9.17) is 4.52 Å². The summed E-state index contributed by atoms with van der Waals surface area (Å²) in [4.78, 5) is 28.5. The van der Waals surface area contributed by atoms with E-state index in [0.717, 1.165) is 11.1 Å². The van der Waals surface area contributed by atoms with Gasteiger partial charge < -0.3 is 15.2 Å². The quantitative estimate of drug-likeness (QED) is 0.631. The fourth-order valence-corrected chi connectivity index (χ4v) is 3.06. The van der Waals surface area contributed by atoms with Crippen molar-refractivity contribution in [1.82, 2.24) is 10.1 Å². The molecule has 0 aliphatic rings. The van der Waals surface area contributed by atoms with Crippen LogP contribution in [0.2, 0.25) is 0 Å². The second kappa shape index (κ2) is 9.18. The third-order valence-corrected chi connectivity index (χ3v) is 4.99. The Morgan fingerprint density at radius 1 is 1.07 bits per heavy atom. The highest BCUT2D eigenvalue weighted by Crippen LogP contribution is 2.19. The van der Waals surface area contributed by atoms with Gasteiger partial charge in [0, 0.05) is 17.8 Å². The number of hydrogen-bond acceptors (Lipinski definition) is 6. The number of nitrogens with zero attached hydrogens (tertiary/aromatic N) is 2. The standard InChI is InChI=1S/C20H20N4O3S/c1-13-10-18(24-27-13)23-20(26)14(2)28-12-19(25)22-17-9-8-16(11-21-17)15-6-4-3-5-7-15/h3-11,14H,12H2,1-2H3,(H,21,22,25)(H,23,24,26). The van der Waals surface area contributed by atoms with Crippen molar-refractivity contribution in [2.24, 2.45) is 0 Å². The summed E-state index contributed by atoms with van der Waals surface area (Å²) in [6, 6.07) is 15.2. The van der Waals surface area contributed by atoms with Gasteiger partial charge in [-0.25, -0.2) is 4.98 Å². The minimum atomic E-state index is -0.420. The predicted octanol–water partition coefficient (Wildman–Crippen LogP) is 3.74. The van der Waals surface area contributed by atoms with Crippen molar-refractivity contribution < 1.29 is 14.1 Å². The number of carbonyl (C=O) groups is 2. The van der Waals surface area contributed by atoms with E-state index in [1.54, 1.807) is 32.2 Å². The monoisotopic (exact) mass is 396 g/mol. The Labute approximate surface area is 166 Å². The van der Waals surface area contributed by atoms with Crippen LogP contribution in [0.25, 0.3) is 11.1 Å². The lowest BCUT2D eigenvalue weighted by molar-refractivity contribution is -0.115. The number of thioether (sulfide) groups is 1. The molecule has 3 aromatic rings. The molecule has 0 radical (unpaired) electrons. The molecule has 7 nitrogen and oxygen atoms in total. The SMILES string of the molecule is Cc1cc(NC(=O)C(C)SCC(=O)Nc2ccc(-c3ccccc3)cn2)no1. The fourth-order valence-electron chi connectivity index (χ4n) is 2.38. The van der Waals surface area contributed by atoms with E-state index < -0.39 is 5.25 Å². The van der Waals surface area contributed by atoms with Gasteiger partial charge in [0.1, 0.15) is 11.6 Å². The number of benzene rings is 1. The van der Waals surface area contributed by atoms with Crippen molar-refractivity contribution in [3.8, 4) is 11.1 Å². The second-order valence-corrected chi connectivity index (χ2v) is 7.44. The summed E-state index contributed by atoms with van der Waals surface area (Å²) in [6.45, 7) is 3.47. The first-order valence-electron chi connectivity index (χ1n) is 8.68. The minimum absolute atomic E-state index is 0.133. The molecular formula is C20H20N4O3S. The third kappa shape index (κ3) is 5.43. The van der Waals surface area contributed by atoms with E-state index in [-0.39, 0.29) is 17.6 Å². The summed E-state index contributed by atoms with van der Waals surface area (Å²) < 4.78 is 4.90. The zero-order valence-corrected chi connectivity index (χ0v) is 16.3. The average Bonchev–Trinajstić information content (AvgIpc) is 3.12. The molecule has 0 spiro atoms. The number of rotatable bonds is 7. The van der Waals surface area contributed by atoms with Gasteiger partial charge in [0.15, 0.2) is 5.82 Å². The fraction of sp³-hybridized carbons (Fsp3) is 0.200. The number of pyridine rings is 1. The Morgan fingerprint density at radius 2 is 1.86 bits per heavy atom. The molecule has 0 saturated carbocycles. The van der Waals surface area contributed by atoms with Crippen LogP contribution >= 0.6 is 11.8 Å². The van der Waals surface area contributed by atoms with Crippen molar-refractivity contribution in [3.05, 3.63) is 60.5 Å². The first kappa shape index (κ1) is 19.6. The summed E-state index contributed by atoms with van der Waals surface area (Å²) in [5.74, 6) is 1.12. The van der Waals surface area contributed by atoms with E-state index in [0.29, 0.717) is 17.4 Å². The van der Waals surface area contributed by atoms with Crippen molar-refractivity contribution in [2.45, 2.75) is 19.1 Å². The van der Waals surface area contributed by atoms with Gasteiger partial charge in [0.05, 0.1) is 11.0 Å². The Bertz CT molecular complexity index is 942. The van der Waals surface area contributed by atoms with Crippen molar-refractivity contribution in [3.63, 3.8) is 0 Å². The molecule has 0 aliphatic carbocycles. The molecule has 8 heteroatoms. The number of aryl methyl sites for hydroxylation is 1. The van der Waals surface area contributed by atoms with E-state index in [1.807, 2.05) is 36.4 Å². The Balaban J connectivity index is 1.46. The van der Waals surface area contributed by atoms with Crippen LogP contribution in [-0.4, -0.2) is 33.0 Å². The van der Waals surface area contributed by atoms with Gasteiger partial charge in [-0.1, -0.05) is 35.5 Å². The lowest BCUT2D eigenvalue weighted by atomic mass is 10.1. The lowest BCUT2D eigenvalue weighted by Gasteiger charge is -2.10. The second-order valence-electron chi connectivity index (χ2n) is 6.11. The highest BCUT2D eigenvalue weighted by Gasteiger charge is 2.17. The first-order valence-corrected chi connectivity index (χ1v) is 9.73. The number of nitrogens with one attached hydrogen (secondary N) is 2. The molecule has 2 heterocycles. The summed E-state index contributed by atoms with van der Waals surface area (Å²) in [7, 11) is 0.